The summed E-state index contributed by atoms with van der Waals surface area (Å²) < 4.78 is 27.2. The third-order valence-electron chi connectivity index (χ3n) is 3.80. The second-order valence-electron chi connectivity index (χ2n) is 5.27. The van der Waals surface area contributed by atoms with E-state index in [0.29, 0.717) is 10.6 Å². The molecule has 1 aliphatic rings. The molecule has 3 aromatic carbocycles. The molecule has 0 saturated carbocycles. The largest absolute Gasteiger partial charge is 0.279 e. The molecule has 0 unspecified atom stereocenters. The Balaban J connectivity index is 1.90. The van der Waals surface area contributed by atoms with E-state index in [2.05, 4.69) is 4.72 Å². The molecule has 0 aliphatic carbocycles. The monoisotopic (exact) mass is 307 g/mol. The van der Waals surface area contributed by atoms with Crippen molar-refractivity contribution < 1.29 is 8.42 Å². The third-order valence-corrected chi connectivity index (χ3v) is 5.20. The van der Waals surface area contributed by atoms with Gasteiger partial charge in [0.1, 0.15) is 0 Å². The van der Waals surface area contributed by atoms with Gasteiger partial charge < -0.3 is 0 Å². The van der Waals surface area contributed by atoms with E-state index in [9.17, 15) is 8.42 Å². The highest BCUT2D eigenvalue weighted by atomic mass is 32.2. The summed E-state index contributed by atoms with van der Waals surface area (Å²) in [5.41, 5.74) is 2.22. The van der Waals surface area contributed by atoms with E-state index in [4.69, 9.17) is 0 Å². The highest BCUT2D eigenvalue weighted by molar-refractivity contribution is 8.02. The molecular formula is C18H13NO2S. The first-order valence-corrected chi connectivity index (χ1v) is 8.44. The Morgan fingerprint density at radius 2 is 1.55 bits per heavy atom. The minimum absolute atomic E-state index is 0.318. The number of hydrogen-bond donors (Lipinski definition) is 1. The van der Waals surface area contributed by atoms with E-state index >= 15 is 0 Å². The fraction of sp³-hybridized carbons (Fsp3) is 0. The van der Waals surface area contributed by atoms with Gasteiger partial charge in [-0.15, -0.1) is 0 Å². The SMILES string of the molecule is O=S1(=O)Nc2ccccc2C1=Cc1ccc2ccccc2c1. The van der Waals surface area contributed by atoms with Crippen LogP contribution in [0.2, 0.25) is 0 Å². The number of para-hydroxylation sites is 1. The van der Waals surface area contributed by atoms with Crippen molar-refractivity contribution in [3.8, 4) is 0 Å². The normalized spacial score (nSPS) is 17.4. The lowest BCUT2D eigenvalue weighted by atomic mass is 10.1. The lowest BCUT2D eigenvalue weighted by Gasteiger charge is -2.02. The molecule has 1 heterocycles. The first kappa shape index (κ1) is 13.1. The van der Waals surface area contributed by atoms with Gasteiger partial charge in [-0.1, -0.05) is 54.6 Å². The summed E-state index contributed by atoms with van der Waals surface area (Å²) in [5, 5.41) is 2.23. The quantitative estimate of drug-likeness (QED) is 0.736. The summed E-state index contributed by atoms with van der Waals surface area (Å²) in [4.78, 5) is 0.318. The highest BCUT2D eigenvalue weighted by Crippen LogP contribution is 2.37. The molecule has 0 atom stereocenters. The Morgan fingerprint density at radius 3 is 2.41 bits per heavy atom. The predicted molar refractivity (Wildman–Crippen MR) is 90.8 cm³/mol. The molecular weight excluding hydrogens is 294 g/mol. The van der Waals surface area contributed by atoms with Crippen LogP contribution in [0, 0.1) is 0 Å². The van der Waals surface area contributed by atoms with Gasteiger partial charge in [0.05, 0.1) is 10.6 Å². The molecule has 0 amide bonds. The Kier molecular flexibility index (Phi) is 2.81. The number of anilines is 1. The van der Waals surface area contributed by atoms with Gasteiger partial charge in [0.25, 0.3) is 10.0 Å². The van der Waals surface area contributed by atoms with Crippen molar-refractivity contribution in [2.24, 2.45) is 0 Å². The molecule has 4 heteroatoms. The van der Waals surface area contributed by atoms with Crippen molar-refractivity contribution in [1.29, 1.82) is 0 Å². The molecule has 0 aromatic heterocycles. The van der Waals surface area contributed by atoms with Gasteiger partial charge in [-0.2, -0.15) is 0 Å². The molecule has 22 heavy (non-hydrogen) atoms. The number of nitrogens with one attached hydrogen (secondary N) is 1. The van der Waals surface area contributed by atoms with Gasteiger partial charge >= 0.3 is 0 Å². The van der Waals surface area contributed by atoms with Gasteiger partial charge in [0, 0.05) is 5.56 Å². The van der Waals surface area contributed by atoms with Crippen LogP contribution in [0.5, 0.6) is 0 Å². The maximum atomic E-state index is 12.3. The average Bonchev–Trinajstić information content (AvgIpc) is 2.78. The van der Waals surface area contributed by atoms with E-state index < -0.39 is 10.0 Å². The Morgan fingerprint density at radius 1 is 0.818 bits per heavy atom. The molecule has 3 aromatic rings. The van der Waals surface area contributed by atoms with Crippen LogP contribution in [0.4, 0.5) is 5.69 Å². The number of rotatable bonds is 1. The molecule has 0 bridgehead atoms. The second kappa shape index (κ2) is 4.71. The van der Waals surface area contributed by atoms with Crippen molar-refractivity contribution in [3.63, 3.8) is 0 Å². The van der Waals surface area contributed by atoms with Crippen molar-refractivity contribution in [2.75, 3.05) is 4.72 Å². The molecule has 4 rings (SSSR count). The summed E-state index contributed by atoms with van der Waals surface area (Å²) in [5.74, 6) is 0. The standard InChI is InChI=1S/C18H13NO2S/c20-22(21)18(16-7-3-4-8-17(16)19-22)12-13-9-10-14-5-1-2-6-15(14)11-13/h1-12,19H. The van der Waals surface area contributed by atoms with E-state index in [-0.39, 0.29) is 0 Å². The summed E-state index contributed by atoms with van der Waals surface area (Å²) in [7, 11) is -3.49. The molecule has 0 spiro atoms. The van der Waals surface area contributed by atoms with E-state index in [1.165, 1.54) is 0 Å². The fourth-order valence-corrected chi connectivity index (χ4v) is 4.07. The molecule has 1 aliphatic heterocycles. The van der Waals surface area contributed by atoms with Crippen LogP contribution in [-0.4, -0.2) is 8.42 Å². The first-order chi connectivity index (χ1) is 10.6. The molecule has 0 radical (unpaired) electrons. The summed E-state index contributed by atoms with van der Waals surface area (Å²) in [6.07, 6.45) is 1.72. The zero-order chi connectivity index (χ0) is 15.2. The maximum Gasteiger partial charge on any atom is 0.262 e. The minimum Gasteiger partial charge on any atom is -0.279 e. The first-order valence-electron chi connectivity index (χ1n) is 6.96. The molecule has 0 saturated heterocycles. The van der Waals surface area contributed by atoms with Gasteiger partial charge in [-0.3, -0.25) is 4.72 Å². The van der Waals surface area contributed by atoms with Gasteiger partial charge in [0.2, 0.25) is 0 Å². The highest BCUT2D eigenvalue weighted by Gasteiger charge is 2.29. The molecule has 108 valence electrons. The lowest BCUT2D eigenvalue weighted by molar-refractivity contribution is 0.611. The summed E-state index contributed by atoms with van der Waals surface area (Å²) in [6.45, 7) is 0. The number of sulfonamides is 1. The van der Waals surface area contributed by atoms with E-state index in [1.807, 2.05) is 60.7 Å². The smallest absolute Gasteiger partial charge is 0.262 e. The van der Waals surface area contributed by atoms with Gasteiger partial charge in [-0.25, -0.2) is 8.42 Å². The van der Waals surface area contributed by atoms with Crippen LogP contribution in [-0.2, 0) is 10.0 Å². The maximum absolute atomic E-state index is 12.3. The van der Waals surface area contributed by atoms with Crippen LogP contribution in [0.3, 0.4) is 0 Å². The number of benzene rings is 3. The topological polar surface area (TPSA) is 46.2 Å². The van der Waals surface area contributed by atoms with Crippen LogP contribution >= 0.6 is 0 Å². The van der Waals surface area contributed by atoms with Crippen LogP contribution in [0.15, 0.2) is 66.7 Å². The lowest BCUT2D eigenvalue weighted by Crippen LogP contribution is -2.05. The van der Waals surface area contributed by atoms with E-state index in [1.54, 1.807) is 12.1 Å². The summed E-state index contributed by atoms with van der Waals surface area (Å²) >= 11 is 0. The fourth-order valence-electron chi connectivity index (χ4n) is 2.74. The Labute approximate surface area is 129 Å². The van der Waals surface area contributed by atoms with Crippen LogP contribution in [0.1, 0.15) is 11.1 Å². The van der Waals surface area contributed by atoms with Crippen molar-refractivity contribution in [2.45, 2.75) is 0 Å². The van der Waals surface area contributed by atoms with Gasteiger partial charge in [0.15, 0.2) is 0 Å². The zero-order valence-corrected chi connectivity index (χ0v) is 12.5. The Hall–Kier alpha value is -2.59. The van der Waals surface area contributed by atoms with Crippen LogP contribution in [0.25, 0.3) is 21.8 Å². The third kappa shape index (κ3) is 2.09. The molecule has 0 fully saturated rings. The van der Waals surface area contributed by atoms with Crippen molar-refractivity contribution in [3.05, 3.63) is 77.9 Å². The summed E-state index contributed by atoms with van der Waals surface area (Å²) in [6, 6.07) is 21.2. The van der Waals surface area contributed by atoms with Gasteiger partial charge in [-0.05, 0) is 34.5 Å². The Bertz CT molecular complexity index is 1020. The van der Waals surface area contributed by atoms with Crippen LogP contribution < -0.4 is 4.72 Å². The predicted octanol–water partition coefficient (Wildman–Crippen LogP) is 4.09. The van der Waals surface area contributed by atoms with Crippen molar-refractivity contribution in [1.82, 2.24) is 0 Å². The zero-order valence-electron chi connectivity index (χ0n) is 11.7. The molecule has 1 N–H and O–H groups in total. The second-order valence-corrected chi connectivity index (χ2v) is 6.92. The number of hydrogen-bond acceptors (Lipinski definition) is 2. The minimum atomic E-state index is -3.49. The molecule has 3 nitrogen and oxygen atoms in total. The number of fused-ring (bicyclic) bond motifs is 2. The van der Waals surface area contributed by atoms with Crippen molar-refractivity contribution >= 4 is 37.5 Å². The van der Waals surface area contributed by atoms with E-state index in [0.717, 1.165) is 21.9 Å². The average molecular weight is 307 g/mol.